The summed E-state index contributed by atoms with van der Waals surface area (Å²) in [6, 6.07) is 0.617. The monoisotopic (exact) mass is 238 g/mol. The summed E-state index contributed by atoms with van der Waals surface area (Å²) in [5.41, 5.74) is 3.24. The molecule has 16 heavy (non-hydrogen) atoms. The van der Waals surface area contributed by atoms with Gasteiger partial charge >= 0.3 is 0 Å². The third-order valence-corrected chi connectivity index (χ3v) is 4.25. The fourth-order valence-corrected chi connectivity index (χ4v) is 3.23. The summed E-state index contributed by atoms with van der Waals surface area (Å²) in [7, 11) is 0. The molecule has 3 heteroatoms. The maximum Gasteiger partial charge on any atom is 0.0382 e. The van der Waals surface area contributed by atoms with Gasteiger partial charge in [0, 0.05) is 24.0 Å². The maximum atomic E-state index is 3.74. The van der Waals surface area contributed by atoms with Gasteiger partial charge in [0.2, 0.25) is 0 Å². The Morgan fingerprint density at radius 3 is 3.19 bits per heavy atom. The summed E-state index contributed by atoms with van der Waals surface area (Å²) < 4.78 is 3.56. The first-order valence-corrected chi connectivity index (χ1v) is 7.31. The van der Waals surface area contributed by atoms with E-state index in [0.29, 0.717) is 6.04 Å². The smallest absolute Gasteiger partial charge is 0.0382 e. The first kappa shape index (κ1) is 12.1. The van der Waals surface area contributed by atoms with Crippen LogP contribution in [0.5, 0.6) is 0 Å². The number of hydrogen-bond donors (Lipinski definition) is 2. The summed E-state index contributed by atoms with van der Waals surface area (Å²) in [5.74, 6) is 1.13. The molecule has 90 valence electrons. The maximum absolute atomic E-state index is 3.74. The van der Waals surface area contributed by atoms with Crippen molar-refractivity contribution < 1.29 is 0 Å². The highest BCUT2D eigenvalue weighted by Crippen LogP contribution is 2.29. The van der Waals surface area contributed by atoms with Crippen molar-refractivity contribution in [3.05, 3.63) is 23.9 Å². The van der Waals surface area contributed by atoms with Gasteiger partial charge in [0.25, 0.3) is 0 Å². The fourth-order valence-electron chi connectivity index (χ4n) is 2.42. The lowest BCUT2D eigenvalue weighted by molar-refractivity contribution is 0.485. The quantitative estimate of drug-likeness (QED) is 0.437. The summed E-state index contributed by atoms with van der Waals surface area (Å²) >= 11 is 1.84. The summed E-state index contributed by atoms with van der Waals surface area (Å²) in [6.45, 7) is 4.84. The van der Waals surface area contributed by atoms with E-state index in [-0.39, 0.29) is 0 Å². The number of rotatable bonds is 5. The van der Waals surface area contributed by atoms with E-state index in [4.69, 9.17) is 0 Å². The SMILES string of the molecule is C=CCCSNC1CNC2=C(CCCC2)C1. The molecule has 0 amide bonds. The van der Waals surface area contributed by atoms with E-state index in [9.17, 15) is 0 Å². The van der Waals surface area contributed by atoms with Gasteiger partial charge in [0.15, 0.2) is 0 Å². The van der Waals surface area contributed by atoms with Gasteiger partial charge in [0.05, 0.1) is 0 Å². The van der Waals surface area contributed by atoms with Crippen molar-refractivity contribution in [1.82, 2.24) is 10.0 Å². The van der Waals surface area contributed by atoms with E-state index in [1.807, 2.05) is 18.0 Å². The van der Waals surface area contributed by atoms with Crippen molar-refractivity contribution in [2.24, 2.45) is 0 Å². The molecule has 0 saturated carbocycles. The molecule has 0 spiro atoms. The van der Waals surface area contributed by atoms with Crippen LogP contribution >= 0.6 is 11.9 Å². The molecule has 1 unspecified atom stereocenters. The molecule has 2 aliphatic rings. The van der Waals surface area contributed by atoms with E-state index in [1.54, 1.807) is 11.3 Å². The molecule has 2 rings (SSSR count). The average Bonchev–Trinajstić information content (AvgIpc) is 2.34. The molecule has 0 aromatic rings. The standard InChI is InChI=1S/C13H22N2S/c1-2-3-8-16-15-12-9-11-6-4-5-7-13(11)14-10-12/h2,12,14-15H,1,3-10H2. The summed E-state index contributed by atoms with van der Waals surface area (Å²) in [4.78, 5) is 0. The van der Waals surface area contributed by atoms with Gasteiger partial charge in [-0.1, -0.05) is 18.0 Å². The Balaban J connectivity index is 1.74. The van der Waals surface area contributed by atoms with Crippen LogP contribution in [-0.4, -0.2) is 18.3 Å². The molecule has 0 radical (unpaired) electrons. The van der Waals surface area contributed by atoms with Crippen molar-refractivity contribution >= 4 is 11.9 Å². The minimum Gasteiger partial charge on any atom is -0.387 e. The van der Waals surface area contributed by atoms with Gasteiger partial charge < -0.3 is 5.32 Å². The lowest BCUT2D eigenvalue weighted by atomic mass is 9.89. The molecular weight excluding hydrogens is 216 g/mol. The van der Waals surface area contributed by atoms with Gasteiger partial charge in [-0.05, 0) is 44.1 Å². The molecule has 0 aromatic carbocycles. The minimum absolute atomic E-state index is 0.617. The van der Waals surface area contributed by atoms with Crippen molar-refractivity contribution in [3.63, 3.8) is 0 Å². The highest BCUT2D eigenvalue weighted by molar-refractivity contribution is 7.97. The first-order chi connectivity index (χ1) is 7.90. The lowest BCUT2D eigenvalue weighted by Crippen LogP contribution is -2.40. The Labute approximate surface area is 103 Å². The predicted molar refractivity (Wildman–Crippen MR) is 72.3 cm³/mol. The average molecular weight is 238 g/mol. The predicted octanol–water partition coefficient (Wildman–Crippen LogP) is 2.99. The van der Waals surface area contributed by atoms with Gasteiger partial charge in [-0.3, -0.25) is 4.72 Å². The largest absolute Gasteiger partial charge is 0.387 e. The van der Waals surface area contributed by atoms with Crippen molar-refractivity contribution in [3.8, 4) is 0 Å². The van der Waals surface area contributed by atoms with Gasteiger partial charge in [-0.2, -0.15) is 0 Å². The molecule has 0 aromatic heterocycles. The molecule has 0 saturated heterocycles. The molecule has 2 nitrogen and oxygen atoms in total. The van der Waals surface area contributed by atoms with Crippen LogP contribution in [0.15, 0.2) is 23.9 Å². The van der Waals surface area contributed by atoms with Crippen LogP contribution in [0, 0.1) is 0 Å². The van der Waals surface area contributed by atoms with E-state index in [2.05, 4.69) is 16.6 Å². The molecule has 1 heterocycles. The highest BCUT2D eigenvalue weighted by atomic mass is 32.2. The Morgan fingerprint density at radius 1 is 1.44 bits per heavy atom. The van der Waals surface area contributed by atoms with E-state index >= 15 is 0 Å². The molecule has 0 bridgehead atoms. The molecule has 1 aliphatic carbocycles. The van der Waals surface area contributed by atoms with Crippen LogP contribution < -0.4 is 10.0 Å². The van der Waals surface area contributed by atoms with Gasteiger partial charge in [-0.25, -0.2) is 0 Å². The summed E-state index contributed by atoms with van der Waals surface area (Å²) in [6.07, 6.45) is 9.68. The zero-order valence-electron chi connectivity index (χ0n) is 9.93. The lowest BCUT2D eigenvalue weighted by Gasteiger charge is -2.31. The van der Waals surface area contributed by atoms with E-state index < -0.39 is 0 Å². The normalized spacial score (nSPS) is 24.9. The zero-order valence-corrected chi connectivity index (χ0v) is 10.7. The first-order valence-electron chi connectivity index (χ1n) is 6.33. The number of hydrogen-bond acceptors (Lipinski definition) is 3. The molecular formula is C13H22N2S. The van der Waals surface area contributed by atoms with E-state index in [1.165, 1.54) is 32.1 Å². The van der Waals surface area contributed by atoms with Crippen LogP contribution in [-0.2, 0) is 0 Å². The second-order valence-electron chi connectivity index (χ2n) is 4.61. The van der Waals surface area contributed by atoms with Crippen LogP contribution in [0.4, 0.5) is 0 Å². The Morgan fingerprint density at radius 2 is 2.31 bits per heavy atom. The Hall–Kier alpha value is -0.410. The van der Waals surface area contributed by atoms with Crippen molar-refractivity contribution in [2.45, 2.75) is 44.6 Å². The molecule has 1 atom stereocenters. The molecule has 2 N–H and O–H groups in total. The van der Waals surface area contributed by atoms with Gasteiger partial charge in [0.1, 0.15) is 0 Å². The van der Waals surface area contributed by atoms with Crippen LogP contribution in [0.3, 0.4) is 0 Å². The summed E-state index contributed by atoms with van der Waals surface area (Å²) in [5, 5.41) is 3.60. The minimum atomic E-state index is 0.617. The Bertz CT molecular complexity index is 273. The van der Waals surface area contributed by atoms with Crippen LogP contribution in [0.1, 0.15) is 38.5 Å². The highest BCUT2D eigenvalue weighted by Gasteiger charge is 2.21. The van der Waals surface area contributed by atoms with Crippen molar-refractivity contribution in [1.29, 1.82) is 0 Å². The number of nitrogens with one attached hydrogen (secondary N) is 2. The third-order valence-electron chi connectivity index (χ3n) is 3.31. The van der Waals surface area contributed by atoms with Crippen LogP contribution in [0.25, 0.3) is 0 Å². The molecule has 0 fully saturated rings. The van der Waals surface area contributed by atoms with E-state index in [0.717, 1.165) is 18.7 Å². The second kappa shape index (κ2) is 6.36. The topological polar surface area (TPSA) is 24.1 Å². The van der Waals surface area contributed by atoms with Gasteiger partial charge in [-0.15, -0.1) is 6.58 Å². The Kier molecular flexibility index (Phi) is 4.79. The van der Waals surface area contributed by atoms with Crippen molar-refractivity contribution in [2.75, 3.05) is 12.3 Å². The molecule has 1 aliphatic heterocycles. The zero-order chi connectivity index (χ0) is 11.2. The van der Waals surface area contributed by atoms with Crippen LogP contribution in [0.2, 0.25) is 0 Å². The second-order valence-corrected chi connectivity index (χ2v) is 5.55. The third kappa shape index (κ3) is 3.29. The number of allylic oxidation sites excluding steroid dienone is 2. The fraction of sp³-hybridized carbons (Fsp3) is 0.692.